The lowest BCUT2D eigenvalue weighted by atomic mass is 10.1. The Balaban J connectivity index is 1.60. The number of nitrogens with zero attached hydrogens (tertiary/aromatic N) is 2. The third-order valence-electron chi connectivity index (χ3n) is 4.37. The number of ketones is 1. The van der Waals surface area contributed by atoms with Crippen molar-refractivity contribution in [3.63, 3.8) is 0 Å². The SMILES string of the molecule is CC(=CC(=O)c1ccccc1)N1CCN(c2ccc(F)cc2)CC1. The summed E-state index contributed by atoms with van der Waals surface area (Å²) in [5, 5.41) is 0. The van der Waals surface area contributed by atoms with Crippen molar-refractivity contribution in [2.75, 3.05) is 31.1 Å². The normalized spacial score (nSPS) is 15.5. The van der Waals surface area contributed by atoms with Crippen LogP contribution in [0.25, 0.3) is 0 Å². The molecule has 1 aliphatic heterocycles. The van der Waals surface area contributed by atoms with Gasteiger partial charge in [0.2, 0.25) is 0 Å². The molecule has 2 aromatic rings. The van der Waals surface area contributed by atoms with Crippen LogP contribution in [0, 0.1) is 5.82 Å². The molecule has 1 saturated heterocycles. The molecule has 24 heavy (non-hydrogen) atoms. The van der Waals surface area contributed by atoms with Crippen molar-refractivity contribution in [1.29, 1.82) is 0 Å². The fourth-order valence-electron chi connectivity index (χ4n) is 2.94. The van der Waals surface area contributed by atoms with Crippen molar-refractivity contribution >= 4 is 11.5 Å². The molecule has 1 heterocycles. The quantitative estimate of drug-likeness (QED) is 0.632. The number of hydrogen-bond donors (Lipinski definition) is 0. The number of halogens is 1. The summed E-state index contributed by atoms with van der Waals surface area (Å²) in [5.74, 6) is -0.176. The number of piperazine rings is 1. The molecular formula is C20H21FN2O. The molecule has 0 saturated carbocycles. The maximum atomic E-state index is 13.0. The van der Waals surface area contributed by atoms with E-state index in [-0.39, 0.29) is 11.6 Å². The number of benzene rings is 2. The van der Waals surface area contributed by atoms with Crippen LogP contribution in [0.1, 0.15) is 17.3 Å². The van der Waals surface area contributed by atoms with Gasteiger partial charge in [0.15, 0.2) is 5.78 Å². The first-order valence-electron chi connectivity index (χ1n) is 8.16. The Morgan fingerprint density at radius 3 is 2.21 bits per heavy atom. The first kappa shape index (κ1) is 16.2. The first-order valence-corrected chi connectivity index (χ1v) is 8.16. The van der Waals surface area contributed by atoms with Crippen LogP contribution in [0.4, 0.5) is 10.1 Å². The van der Waals surface area contributed by atoms with Crippen molar-refractivity contribution in [2.24, 2.45) is 0 Å². The predicted molar refractivity (Wildman–Crippen MR) is 94.7 cm³/mol. The molecule has 1 fully saturated rings. The Labute approximate surface area is 142 Å². The van der Waals surface area contributed by atoms with Crippen LogP contribution >= 0.6 is 0 Å². The molecule has 0 spiro atoms. The number of allylic oxidation sites excluding steroid dienone is 2. The lowest BCUT2D eigenvalue weighted by Crippen LogP contribution is -2.45. The third kappa shape index (κ3) is 3.82. The van der Waals surface area contributed by atoms with Crippen molar-refractivity contribution < 1.29 is 9.18 Å². The van der Waals surface area contributed by atoms with Gasteiger partial charge in [0.1, 0.15) is 5.82 Å². The van der Waals surface area contributed by atoms with Crippen molar-refractivity contribution in [2.45, 2.75) is 6.92 Å². The van der Waals surface area contributed by atoms with Crippen LogP contribution in [0.5, 0.6) is 0 Å². The Kier molecular flexibility index (Phi) is 4.94. The van der Waals surface area contributed by atoms with E-state index in [1.807, 2.05) is 49.4 Å². The average molecular weight is 324 g/mol. The maximum Gasteiger partial charge on any atom is 0.187 e. The van der Waals surface area contributed by atoms with Crippen molar-refractivity contribution in [3.8, 4) is 0 Å². The van der Waals surface area contributed by atoms with Gasteiger partial charge in [-0.15, -0.1) is 0 Å². The highest BCUT2D eigenvalue weighted by Crippen LogP contribution is 2.18. The zero-order valence-corrected chi connectivity index (χ0v) is 13.8. The van der Waals surface area contributed by atoms with Gasteiger partial charge in [-0.2, -0.15) is 0 Å². The lowest BCUT2D eigenvalue weighted by Gasteiger charge is -2.37. The molecule has 0 bridgehead atoms. The maximum absolute atomic E-state index is 13.0. The van der Waals surface area contributed by atoms with Gasteiger partial charge < -0.3 is 9.80 Å². The number of hydrogen-bond acceptors (Lipinski definition) is 3. The highest BCUT2D eigenvalue weighted by molar-refractivity contribution is 6.04. The summed E-state index contributed by atoms with van der Waals surface area (Å²) in [6, 6.07) is 15.9. The van der Waals surface area contributed by atoms with Crippen LogP contribution in [-0.4, -0.2) is 36.9 Å². The van der Waals surface area contributed by atoms with E-state index in [1.54, 1.807) is 6.08 Å². The second-order valence-electron chi connectivity index (χ2n) is 5.97. The molecule has 0 amide bonds. The summed E-state index contributed by atoms with van der Waals surface area (Å²) in [5.41, 5.74) is 2.74. The molecule has 3 nitrogen and oxygen atoms in total. The van der Waals surface area contributed by atoms with Gasteiger partial charge in [0, 0.05) is 49.2 Å². The van der Waals surface area contributed by atoms with Crippen LogP contribution < -0.4 is 4.90 Å². The molecular weight excluding hydrogens is 303 g/mol. The predicted octanol–water partition coefficient (Wildman–Crippen LogP) is 3.73. The molecule has 0 unspecified atom stereocenters. The second-order valence-corrected chi connectivity index (χ2v) is 5.97. The van der Waals surface area contributed by atoms with Crippen LogP contribution in [0.3, 0.4) is 0 Å². The second kappa shape index (κ2) is 7.30. The molecule has 0 radical (unpaired) electrons. The van der Waals surface area contributed by atoms with Crippen LogP contribution in [-0.2, 0) is 0 Å². The van der Waals surface area contributed by atoms with Crippen LogP contribution in [0.2, 0.25) is 0 Å². The fourth-order valence-corrected chi connectivity index (χ4v) is 2.94. The number of rotatable bonds is 4. The zero-order valence-electron chi connectivity index (χ0n) is 13.8. The van der Waals surface area contributed by atoms with Gasteiger partial charge in [-0.05, 0) is 31.2 Å². The van der Waals surface area contributed by atoms with E-state index in [4.69, 9.17) is 0 Å². The molecule has 0 atom stereocenters. The van der Waals surface area contributed by atoms with Crippen molar-refractivity contribution in [3.05, 3.63) is 77.8 Å². The summed E-state index contributed by atoms with van der Waals surface area (Å²) in [7, 11) is 0. The summed E-state index contributed by atoms with van der Waals surface area (Å²) < 4.78 is 13.0. The van der Waals surface area contributed by atoms with E-state index in [2.05, 4.69) is 9.80 Å². The number of carbonyl (C=O) groups is 1. The summed E-state index contributed by atoms with van der Waals surface area (Å²) >= 11 is 0. The highest BCUT2D eigenvalue weighted by Gasteiger charge is 2.18. The molecule has 3 rings (SSSR count). The van der Waals surface area contributed by atoms with E-state index >= 15 is 0 Å². The molecule has 1 aliphatic rings. The monoisotopic (exact) mass is 324 g/mol. The van der Waals surface area contributed by atoms with Crippen LogP contribution in [0.15, 0.2) is 66.4 Å². The topological polar surface area (TPSA) is 23.6 Å². The van der Waals surface area contributed by atoms with Gasteiger partial charge in [-0.3, -0.25) is 4.79 Å². The largest absolute Gasteiger partial charge is 0.371 e. The standard InChI is InChI=1S/C20H21FN2O/c1-16(15-20(24)17-5-3-2-4-6-17)22-11-13-23(14-12-22)19-9-7-18(21)8-10-19/h2-10,15H,11-14H2,1H3. The Hall–Kier alpha value is -2.62. The Morgan fingerprint density at radius 2 is 1.58 bits per heavy atom. The van der Waals surface area contributed by atoms with E-state index in [1.165, 1.54) is 12.1 Å². The Morgan fingerprint density at radius 1 is 0.958 bits per heavy atom. The van der Waals surface area contributed by atoms with Gasteiger partial charge >= 0.3 is 0 Å². The lowest BCUT2D eigenvalue weighted by molar-refractivity contribution is 0.104. The minimum atomic E-state index is -0.212. The zero-order chi connectivity index (χ0) is 16.9. The third-order valence-corrected chi connectivity index (χ3v) is 4.37. The fraction of sp³-hybridized carbons (Fsp3) is 0.250. The average Bonchev–Trinajstić information content (AvgIpc) is 2.63. The molecule has 0 aliphatic carbocycles. The number of carbonyl (C=O) groups excluding carboxylic acids is 1. The van der Waals surface area contributed by atoms with Gasteiger partial charge in [-0.1, -0.05) is 30.3 Å². The minimum Gasteiger partial charge on any atom is -0.371 e. The number of anilines is 1. The molecule has 2 aromatic carbocycles. The minimum absolute atomic E-state index is 0.0362. The van der Waals surface area contributed by atoms with Gasteiger partial charge in [0.25, 0.3) is 0 Å². The summed E-state index contributed by atoms with van der Waals surface area (Å²) in [6.07, 6.45) is 1.71. The van der Waals surface area contributed by atoms with E-state index < -0.39 is 0 Å². The van der Waals surface area contributed by atoms with Gasteiger partial charge in [0.05, 0.1) is 0 Å². The molecule has 4 heteroatoms. The van der Waals surface area contributed by atoms with Gasteiger partial charge in [-0.25, -0.2) is 4.39 Å². The Bertz CT molecular complexity index is 717. The van der Waals surface area contributed by atoms with E-state index in [0.717, 1.165) is 37.6 Å². The molecule has 0 N–H and O–H groups in total. The molecule has 124 valence electrons. The summed E-state index contributed by atoms with van der Waals surface area (Å²) in [4.78, 5) is 16.7. The molecule has 0 aromatic heterocycles. The first-order chi connectivity index (χ1) is 11.6. The van der Waals surface area contributed by atoms with E-state index in [0.29, 0.717) is 5.56 Å². The van der Waals surface area contributed by atoms with E-state index in [9.17, 15) is 9.18 Å². The van der Waals surface area contributed by atoms with Crippen molar-refractivity contribution in [1.82, 2.24) is 4.90 Å². The highest BCUT2D eigenvalue weighted by atomic mass is 19.1. The summed E-state index contributed by atoms with van der Waals surface area (Å²) in [6.45, 7) is 5.39. The smallest absolute Gasteiger partial charge is 0.187 e.